The zero-order valence-electron chi connectivity index (χ0n) is 24.4. The normalized spacial score (nSPS) is 7.94. The van der Waals surface area contributed by atoms with Crippen LogP contribution in [0.4, 0.5) is 0 Å². The molecule has 0 bridgehead atoms. The van der Waals surface area contributed by atoms with Crippen LogP contribution in [0.3, 0.4) is 0 Å². The lowest BCUT2D eigenvalue weighted by molar-refractivity contribution is 0.277. The molecule has 0 heterocycles. The van der Waals surface area contributed by atoms with E-state index in [1.807, 2.05) is 65.8 Å². The van der Waals surface area contributed by atoms with Crippen molar-refractivity contribution in [2.75, 3.05) is 28.4 Å². The third kappa shape index (κ3) is 20.2. The summed E-state index contributed by atoms with van der Waals surface area (Å²) >= 11 is 0. The summed E-state index contributed by atoms with van der Waals surface area (Å²) in [5.41, 5.74) is 5.10. The molecule has 0 fully saturated rings. The minimum absolute atomic E-state index is 1.28. The summed E-state index contributed by atoms with van der Waals surface area (Å²) < 4.78 is 8.50. The number of ether oxygens (including phenoxy) is 2. The van der Waals surface area contributed by atoms with E-state index < -0.39 is 0 Å². The van der Waals surface area contributed by atoms with Gasteiger partial charge in [0.2, 0.25) is 0 Å². The van der Waals surface area contributed by atoms with Gasteiger partial charge in [-0.2, -0.15) is 0 Å². The van der Waals surface area contributed by atoms with Crippen molar-refractivity contribution in [2.24, 2.45) is 0 Å². The van der Waals surface area contributed by atoms with Crippen molar-refractivity contribution in [3.8, 4) is 22.3 Å². The van der Waals surface area contributed by atoms with Gasteiger partial charge in [-0.3, -0.25) is 0 Å². The van der Waals surface area contributed by atoms with Gasteiger partial charge in [-0.25, -0.2) is 0 Å². The Morgan fingerprint density at radius 1 is 0.278 bits per heavy atom. The quantitative estimate of drug-likeness (QED) is 0.278. The lowest BCUT2D eigenvalue weighted by atomic mass is 10.1. The Kier molecular flexibility index (Phi) is 33.0. The van der Waals surface area contributed by atoms with Crippen molar-refractivity contribution in [3.05, 3.63) is 121 Å². The molecule has 0 spiro atoms. The molecule has 2 nitrogen and oxygen atoms in total. The summed E-state index contributed by atoms with van der Waals surface area (Å²) in [7, 11) is 6.50. The molecule has 0 unspecified atom stereocenters. The van der Waals surface area contributed by atoms with E-state index in [0.717, 1.165) is 0 Å². The highest BCUT2D eigenvalue weighted by molar-refractivity contribution is 5.63. The standard InChI is InChI=1S/2C12H10.2C2H6O.3C2H6/c2*1-3-7-11(8-4-1)12-9-5-2-6-10-12;2*1-3-2;3*1-2/h2*1-10H;2*1-2H3;3*1-2H3. The number of rotatable bonds is 2. The van der Waals surface area contributed by atoms with Crippen LogP contribution in [0.15, 0.2) is 121 Å². The van der Waals surface area contributed by atoms with Crippen LogP contribution in [0.1, 0.15) is 41.5 Å². The third-order valence-electron chi connectivity index (χ3n) is 3.76. The molecule has 0 radical (unpaired) electrons. The summed E-state index contributed by atoms with van der Waals surface area (Å²) in [6.07, 6.45) is 0. The van der Waals surface area contributed by atoms with Crippen molar-refractivity contribution in [2.45, 2.75) is 41.5 Å². The van der Waals surface area contributed by atoms with E-state index in [-0.39, 0.29) is 0 Å². The van der Waals surface area contributed by atoms with Gasteiger partial charge in [0.05, 0.1) is 0 Å². The van der Waals surface area contributed by atoms with E-state index in [9.17, 15) is 0 Å². The Labute approximate surface area is 223 Å². The molecule has 198 valence electrons. The lowest BCUT2D eigenvalue weighted by Gasteiger charge is -1.98. The molecule has 0 aromatic heterocycles. The van der Waals surface area contributed by atoms with E-state index >= 15 is 0 Å². The second kappa shape index (κ2) is 31.8. The number of benzene rings is 4. The molecule has 0 N–H and O–H groups in total. The Hall–Kier alpha value is -3.20. The van der Waals surface area contributed by atoms with Crippen LogP contribution < -0.4 is 0 Å². The zero-order valence-corrected chi connectivity index (χ0v) is 24.4. The first-order chi connectivity index (χ1) is 17.8. The molecule has 0 aliphatic carbocycles. The van der Waals surface area contributed by atoms with Gasteiger partial charge in [0.25, 0.3) is 0 Å². The molecule has 0 saturated heterocycles. The molecule has 36 heavy (non-hydrogen) atoms. The second-order valence-electron chi connectivity index (χ2n) is 6.28. The highest BCUT2D eigenvalue weighted by atomic mass is 16.5. The van der Waals surface area contributed by atoms with Crippen molar-refractivity contribution in [1.82, 2.24) is 0 Å². The molecule has 4 rings (SSSR count). The van der Waals surface area contributed by atoms with E-state index in [2.05, 4.69) is 107 Å². The predicted octanol–water partition coefficient (Wildman–Crippen LogP) is 10.3. The van der Waals surface area contributed by atoms with Crippen LogP contribution in [0.2, 0.25) is 0 Å². The summed E-state index contributed by atoms with van der Waals surface area (Å²) in [5, 5.41) is 0. The summed E-state index contributed by atoms with van der Waals surface area (Å²) in [5.74, 6) is 0. The fraction of sp³-hybridized carbons (Fsp3) is 0.294. The Bertz CT molecular complexity index is 710. The minimum Gasteiger partial charge on any atom is -0.388 e. The molecular weight excluding hydrogens is 440 g/mol. The van der Waals surface area contributed by atoms with Gasteiger partial charge in [0, 0.05) is 28.4 Å². The SMILES string of the molecule is CC.CC.CC.COC.COC.c1ccc(-c2ccccc2)cc1.c1ccc(-c2ccccc2)cc1. The molecule has 0 saturated carbocycles. The van der Waals surface area contributed by atoms with Gasteiger partial charge in [-0.15, -0.1) is 0 Å². The predicted molar refractivity (Wildman–Crippen MR) is 164 cm³/mol. The molecule has 0 aliphatic heterocycles. The third-order valence-corrected chi connectivity index (χ3v) is 3.76. The fourth-order valence-electron chi connectivity index (χ4n) is 2.52. The highest BCUT2D eigenvalue weighted by Crippen LogP contribution is 2.18. The maximum Gasteiger partial charge on any atom is 0.0351 e. The maximum absolute atomic E-state index is 4.25. The molecule has 0 atom stereocenters. The van der Waals surface area contributed by atoms with Crippen molar-refractivity contribution >= 4 is 0 Å². The minimum atomic E-state index is 1.28. The first kappa shape index (κ1) is 37.4. The van der Waals surface area contributed by atoms with Crippen molar-refractivity contribution in [3.63, 3.8) is 0 Å². The molecule has 0 aliphatic rings. The van der Waals surface area contributed by atoms with E-state index in [0.29, 0.717) is 0 Å². The van der Waals surface area contributed by atoms with Crippen molar-refractivity contribution in [1.29, 1.82) is 0 Å². The maximum atomic E-state index is 4.25. The monoisotopic (exact) mass is 490 g/mol. The first-order valence-corrected chi connectivity index (χ1v) is 12.8. The number of hydrogen-bond acceptors (Lipinski definition) is 2. The molecule has 0 amide bonds. The van der Waals surface area contributed by atoms with Gasteiger partial charge < -0.3 is 9.47 Å². The van der Waals surface area contributed by atoms with Crippen LogP contribution in [0, 0.1) is 0 Å². The van der Waals surface area contributed by atoms with E-state index in [1.165, 1.54) is 22.3 Å². The Morgan fingerprint density at radius 2 is 0.389 bits per heavy atom. The average molecular weight is 491 g/mol. The smallest absolute Gasteiger partial charge is 0.0351 e. The van der Waals surface area contributed by atoms with Crippen molar-refractivity contribution < 1.29 is 9.47 Å². The second-order valence-corrected chi connectivity index (χ2v) is 6.28. The number of methoxy groups -OCH3 is 2. The fourth-order valence-corrected chi connectivity index (χ4v) is 2.52. The topological polar surface area (TPSA) is 18.5 Å². The zero-order chi connectivity index (χ0) is 27.9. The van der Waals surface area contributed by atoms with Crippen LogP contribution in [-0.2, 0) is 9.47 Å². The van der Waals surface area contributed by atoms with E-state index in [4.69, 9.17) is 0 Å². The van der Waals surface area contributed by atoms with Gasteiger partial charge >= 0.3 is 0 Å². The van der Waals surface area contributed by atoms with E-state index in [1.54, 1.807) is 28.4 Å². The first-order valence-electron chi connectivity index (χ1n) is 12.8. The van der Waals surface area contributed by atoms with Crippen LogP contribution in [0.25, 0.3) is 22.3 Å². The highest BCUT2D eigenvalue weighted by Gasteiger charge is 1.92. The average Bonchev–Trinajstić information content (AvgIpc) is 2.99. The van der Waals surface area contributed by atoms with Crippen LogP contribution >= 0.6 is 0 Å². The molecule has 4 aromatic rings. The largest absolute Gasteiger partial charge is 0.388 e. The molecular formula is C34H50O2. The van der Waals surface area contributed by atoms with Gasteiger partial charge in [0.1, 0.15) is 0 Å². The summed E-state index contributed by atoms with van der Waals surface area (Å²) in [6, 6.07) is 41.6. The lowest BCUT2D eigenvalue weighted by Crippen LogP contribution is -1.73. The van der Waals surface area contributed by atoms with Gasteiger partial charge in [-0.05, 0) is 22.3 Å². The Balaban J connectivity index is -0.000000427. The van der Waals surface area contributed by atoms with Crippen LogP contribution in [0.5, 0.6) is 0 Å². The van der Waals surface area contributed by atoms with Crippen LogP contribution in [-0.4, -0.2) is 28.4 Å². The molecule has 2 heteroatoms. The summed E-state index contributed by atoms with van der Waals surface area (Å²) in [6.45, 7) is 12.0. The summed E-state index contributed by atoms with van der Waals surface area (Å²) in [4.78, 5) is 0. The number of hydrogen-bond donors (Lipinski definition) is 0. The molecule has 4 aromatic carbocycles. The van der Waals surface area contributed by atoms with Gasteiger partial charge in [0.15, 0.2) is 0 Å². The Morgan fingerprint density at radius 3 is 0.500 bits per heavy atom. The van der Waals surface area contributed by atoms with Gasteiger partial charge in [-0.1, -0.05) is 163 Å².